The van der Waals surface area contributed by atoms with Gasteiger partial charge in [-0.1, -0.05) is 53.5 Å². The van der Waals surface area contributed by atoms with E-state index in [4.69, 9.17) is 27.9 Å². The van der Waals surface area contributed by atoms with Crippen LogP contribution in [-0.2, 0) is 0 Å². The molecule has 1 aromatic heterocycles. The highest BCUT2D eigenvalue weighted by Gasteiger charge is 2.17. The van der Waals surface area contributed by atoms with E-state index in [-0.39, 0.29) is 0 Å². The van der Waals surface area contributed by atoms with Crippen LogP contribution in [0, 0.1) is 6.92 Å². The molecule has 1 nitrogen and oxygen atoms in total. The third-order valence-corrected chi connectivity index (χ3v) is 5.67. The first-order valence-corrected chi connectivity index (χ1v) is 7.71. The molecule has 0 atom stereocenters. The van der Waals surface area contributed by atoms with Crippen LogP contribution in [0.4, 0.5) is 0 Å². The fraction of sp³-hybridized carbons (Fsp3) is 0.125. The Kier molecular flexibility index (Phi) is 3.63. The highest BCUT2D eigenvalue weighted by Crippen LogP contribution is 2.46. The average Bonchev–Trinajstić information content (AvgIpc) is 2.81. The number of fused-ring (bicyclic) bond motifs is 1. The van der Waals surface area contributed by atoms with Gasteiger partial charge in [-0.15, -0.1) is 11.3 Å². The summed E-state index contributed by atoms with van der Waals surface area (Å²) in [5.41, 5.74) is 2.39. The molecule has 0 N–H and O–H groups in total. The van der Waals surface area contributed by atoms with Crippen LogP contribution < -0.4 is 4.74 Å². The molecule has 0 bridgehead atoms. The Morgan fingerprint density at radius 2 is 1.75 bits per heavy atom. The molecular weight excluding hydrogens is 311 g/mol. The van der Waals surface area contributed by atoms with Crippen molar-refractivity contribution < 1.29 is 4.74 Å². The predicted molar refractivity (Wildman–Crippen MR) is 88.6 cm³/mol. The van der Waals surface area contributed by atoms with Crippen molar-refractivity contribution in [3.8, 4) is 16.2 Å². The summed E-state index contributed by atoms with van der Waals surface area (Å²) in [6, 6.07) is 12.2. The van der Waals surface area contributed by atoms with E-state index in [0.29, 0.717) is 15.8 Å². The minimum Gasteiger partial charge on any atom is -0.495 e. The Hall–Kier alpha value is -1.22. The zero-order valence-corrected chi connectivity index (χ0v) is 13.4. The molecule has 0 saturated carbocycles. The first-order chi connectivity index (χ1) is 9.63. The summed E-state index contributed by atoms with van der Waals surface area (Å²) in [6.45, 7) is 2.10. The SMILES string of the molecule is COc1cc2c(C)c(-c3ccccc3)sc2c(Cl)c1Cl. The van der Waals surface area contributed by atoms with E-state index in [9.17, 15) is 0 Å². The fourth-order valence-corrected chi connectivity index (χ4v) is 4.11. The Morgan fingerprint density at radius 1 is 1.05 bits per heavy atom. The lowest BCUT2D eigenvalue weighted by Gasteiger charge is -2.05. The average molecular weight is 323 g/mol. The zero-order chi connectivity index (χ0) is 14.3. The van der Waals surface area contributed by atoms with Crippen LogP contribution in [0.5, 0.6) is 5.75 Å². The van der Waals surface area contributed by atoms with Crippen LogP contribution >= 0.6 is 34.5 Å². The summed E-state index contributed by atoms with van der Waals surface area (Å²) < 4.78 is 6.30. The first kappa shape index (κ1) is 13.7. The van der Waals surface area contributed by atoms with E-state index in [2.05, 4.69) is 19.1 Å². The van der Waals surface area contributed by atoms with Crippen molar-refractivity contribution in [1.29, 1.82) is 0 Å². The lowest BCUT2D eigenvalue weighted by molar-refractivity contribution is 0.415. The molecule has 3 aromatic rings. The van der Waals surface area contributed by atoms with E-state index in [1.165, 1.54) is 16.0 Å². The summed E-state index contributed by atoms with van der Waals surface area (Å²) in [7, 11) is 1.60. The number of aryl methyl sites for hydroxylation is 1. The van der Waals surface area contributed by atoms with Crippen LogP contribution in [-0.4, -0.2) is 7.11 Å². The molecule has 0 aliphatic heterocycles. The normalized spacial score (nSPS) is 11.0. The molecule has 1 heterocycles. The molecule has 3 rings (SSSR count). The van der Waals surface area contributed by atoms with Crippen LogP contribution in [0.25, 0.3) is 20.5 Å². The van der Waals surface area contributed by atoms with Gasteiger partial charge < -0.3 is 4.74 Å². The van der Waals surface area contributed by atoms with E-state index >= 15 is 0 Å². The van der Waals surface area contributed by atoms with Gasteiger partial charge in [0.05, 0.1) is 16.8 Å². The summed E-state index contributed by atoms with van der Waals surface area (Å²) >= 11 is 14.3. The van der Waals surface area contributed by atoms with E-state index in [1.807, 2.05) is 24.3 Å². The van der Waals surface area contributed by atoms with Gasteiger partial charge >= 0.3 is 0 Å². The Labute approximate surface area is 131 Å². The van der Waals surface area contributed by atoms with Gasteiger partial charge in [0, 0.05) is 10.3 Å². The quantitative estimate of drug-likeness (QED) is 0.546. The van der Waals surface area contributed by atoms with Gasteiger partial charge in [-0.3, -0.25) is 0 Å². The minimum atomic E-state index is 0.475. The molecule has 102 valence electrons. The van der Waals surface area contributed by atoms with Crippen molar-refractivity contribution >= 4 is 44.6 Å². The number of thiophene rings is 1. The summed E-state index contributed by atoms with van der Waals surface area (Å²) in [4.78, 5) is 1.21. The van der Waals surface area contributed by atoms with Crippen LogP contribution in [0.3, 0.4) is 0 Å². The Bertz CT molecular complexity index is 778. The molecule has 0 radical (unpaired) electrons. The second kappa shape index (κ2) is 5.28. The largest absolute Gasteiger partial charge is 0.495 e. The Morgan fingerprint density at radius 3 is 2.40 bits per heavy atom. The third kappa shape index (κ3) is 2.08. The summed E-state index contributed by atoms with van der Waals surface area (Å²) in [5, 5.41) is 2.14. The molecular formula is C16H12Cl2OS. The number of hydrogen-bond donors (Lipinski definition) is 0. The molecule has 0 aliphatic rings. The number of ether oxygens (including phenoxy) is 1. The molecule has 0 amide bonds. The number of rotatable bonds is 2. The number of benzene rings is 2. The number of hydrogen-bond acceptors (Lipinski definition) is 2. The maximum Gasteiger partial charge on any atom is 0.139 e. The summed E-state index contributed by atoms with van der Waals surface area (Å²) in [5.74, 6) is 0.615. The van der Waals surface area contributed by atoms with Gasteiger partial charge in [0.25, 0.3) is 0 Å². The maximum atomic E-state index is 6.38. The topological polar surface area (TPSA) is 9.23 Å². The second-order valence-electron chi connectivity index (χ2n) is 4.51. The molecule has 0 spiro atoms. The molecule has 0 saturated heterocycles. The fourth-order valence-electron chi connectivity index (χ4n) is 2.28. The second-order valence-corrected chi connectivity index (χ2v) is 6.28. The third-order valence-electron chi connectivity index (χ3n) is 3.33. The van der Waals surface area contributed by atoms with Crippen molar-refractivity contribution in [1.82, 2.24) is 0 Å². The van der Waals surface area contributed by atoms with Gasteiger partial charge in [-0.2, -0.15) is 0 Å². The van der Waals surface area contributed by atoms with E-state index in [0.717, 1.165) is 10.1 Å². The zero-order valence-electron chi connectivity index (χ0n) is 11.0. The minimum absolute atomic E-state index is 0.475. The first-order valence-electron chi connectivity index (χ1n) is 6.14. The van der Waals surface area contributed by atoms with Gasteiger partial charge in [0.2, 0.25) is 0 Å². The molecule has 0 unspecified atom stereocenters. The highest BCUT2D eigenvalue weighted by molar-refractivity contribution is 7.23. The molecule has 0 fully saturated rings. The molecule has 20 heavy (non-hydrogen) atoms. The Balaban J connectivity index is 2.33. The van der Waals surface area contributed by atoms with Crippen molar-refractivity contribution in [3.05, 3.63) is 52.0 Å². The lowest BCUT2D eigenvalue weighted by atomic mass is 10.1. The maximum absolute atomic E-state index is 6.38. The summed E-state index contributed by atoms with van der Waals surface area (Å²) in [6.07, 6.45) is 0. The van der Waals surface area contributed by atoms with Crippen molar-refractivity contribution in [2.45, 2.75) is 6.92 Å². The van der Waals surface area contributed by atoms with Gasteiger partial charge in [0.15, 0.2) is 0 Å². The molecule has 2 aromatic carbocycles. The van der Waals surface area contributed by atoms with Crippen LogP contribution in [0.2, 0.25) is 10.0 Å². The number of halogens is 2. The standard InChI is InChI=1S/C16H12Cl2OS/c1-9-11-8-12(19-2)13(17)14(18)16(11)20-15(9)10-6-4-3-5-7-10/h3-8H,1-2H3. The van der Waals surface area contributed by atoms with Crippen LogP contribution in [0.1, 0.15) is 5.56 Å². The van der Waals surface area contributed by atoms with Crippen LogP contribution in [0.15, 0.2) is 36.4 Å². The number of methoxy groups -OCH3 is 1. The van der Waals surface area contributed by atoms with Gasteiger partial charge in [-0.25, -0.2) is 0 Å². The van der Waals surface area contributed by atoms with Gasteiger partial charge in [0.1, 0.15) is 10.8 Å². The smallest absolute Gasteiger partial charge is 0.139 e. The van der Waals surface area contributed by atoms with E-state index < -0.39 is 0 Å². The van der Waals surface area contributed by atoms with Crippen molar-refractivity contribution in [2.24, 2.45) is 0 Å². The molecule has 0 aliphatic carbocycles. The predicted octanol–water partition coefficient (Wildman–Crippen LogP) is 6.19. The monoisotopic (exact) mass is 322 g/mol. The van der Waals surface area contributed by atoms with Crippen molar-refractivity contribution in [2.75, 3.05) is 7.11 Å². The van der Waals surface area contributed by atoms with Crippen molar-refractivity contribution in [3.63, 3.8) is 0 Å². The molecule has 4 heteroatoms. The lowest BCUT2D eigenvalue weighted by Crippen LogP contribution is -1.85. The van der Waals surface area contributed by atoms with Gasteiger partial charge in [-0.05, 0) is 24.1 Å². The highest BCUT2D eigenvalue weighted by atomic mass is 35.5. The van der Waals surface area contributed by atoms with E-state index in [1.54, 1.807) is 18.4 Å².